The van der Waals surface area contributed by atoms with Crippen LogP contribution in [-0.4, -0.2) is 35.6 Å². The minimum absolute atomic E-state index is 0.144. The number of hydrogen-bond acceptors (Lipinski definition) is 2. The van der Waals surface area contributed by atoms with Gasteiger partial charge >= 0.3 is 0 Å². The zero-order chi connectivity index (χ0) is 19.5. The first-order chi connectivity index (χ1) is 12.8. The lowest BCUT2D eigenvalue weighted by atomic mass is 9.67. The molecule has 1 aromatic rings. The number of ether oxygens (including phenoxy) is 1. The molecule has 1 amide bonds. The molecule has 2 fully saturated rings. The maximum Gasteiger partial charge on any atom is 0.219 e. The van der Waals surface area contributed by atoms with Crippen LogP contribution in [0.4, 0.5) is 0 Å². The van der Waals surface area contributed by atoms with Crippen LogP contribution >= 0.6 is 11.6 Å². The highest BCUT2D eigenvalue weighted by Crippen LogP contribution is 2.43. The maximum absolute atomic E-state index is 12.5. The Morgan fingerprint density at radius 1 is 1.19 bits per heavy atom. The average Bonchev–Trinajstić information content (AvgIpc) is 2.62. The Hall–Kier alpha value is -1.06. The normalized spacial score (nSPS) is 24.4. The van der Waals surface area contributed by atoms with E-state index in [1.165, 1.54) is 37.7 Å². The molecule has 150 valence electrons. The molecular weight excluding hydrogens is 358 g/mol. The van der Waals surface area contributed by atoms with Gasteiger partial charge < -0.3 is 9.64 Å². The third-order valence-corrected chi connectivity index (χ3v) is 6.87. The predicted molar refractivity (Wildman–Crippen MR) is 111 cm³/mol. The van der Waals surface area contributed by atoms with Crippen LogP contribution in [0.15, 0.2) is 24.3 Å². The van der Waals surface area contributed by atoms with Crippen molar-refractivity contribution in [3.05, 3.63) is 34.9 Å². The second-order valence-electron chi connectivity index (χ2n) is 9.07. The number of rotatable bonds is 5. The van der Waals surface area contributed by atoms with E-state index in [0.29, 0.717) is 0 Å². The predicted octanol–water partition coefficient (Wildman–Crippen LogP) is 5.74. The zero-order valence-corrected chi connectivity index (χ0v) is 17.9. The highest BCUT2D eigenvalue weighted by atomic mass is 35.5. The van der Waals surface area contributed by atoms with Crippen LogP contribution in [0, 0.1) is 0 Å². The van der Waals surface area contributed by atoms with E-state index in [-0.39, 0.29) is 23.0 Å². The van der Waals surface area contributed by atoms with E-state index in [1.807, 2.05) is 12.1 Å². The summed E-state index contributed by atoms with van der Waals surface area (Å²) in [5.74, 6) is 0.194. The number of hydrogen-bond donors (Lipinski definition) is 0. The second-order valence-corrected chi connectivity index (χ2v) is 9.50. The SMILES string of the molecule is CC(=O)N(CCC1(c2ccc(Cl)cc2)CCCCC1)C1CCOC(C)(C)C1. The minimum Gasteiger partial charge on any atom is -0.375 e. The highest BCUT2D eigenvalue weighted by Gasteiger charge is 2.37. The van der Waals surface area contributed by atoms with E-state index in [0.717, 1.165) is 37.4 Å². The van der Waals surface area contributed by atoms with Crippen molar-refractivity contribution in [3.8, 4) is 0 Å². The van der Waals surface area contributed by atoms with E-state index in [9.17, 15) is 4.79 Å². The van der Waals surface area contributed by atoms with Crippen molar-refractivity contribution in [2.24, 2.45) is 0 Å². The topological polar surface area (TPSA) is 29.5 Å². The van der Waals surface area contributed by atoms with Crippen LogP contribution < -0.4 is 0 Å². The lowest BCUT2D eigenvalue weighted by Gasteiger charge is -2.44. The molecule has 1 aromatic carbocycles. The Morgan fingerprint density at radius 3 is 2.44 bits per heavy atom. The van der Waals surface area contributed by atoms with Gasteiger partial charge in [-0.25, -0.2) is 0 Å². The molecule has 0 bridgehead atoms. The molecule has 1 saturated heterocycles. The first-order valence-electron chi connectivity index (χ1n) is 10.5. The van der Waals surface area contributed by atoms with E-state index >= 15 is 0 Å². The first-order valence-corrected chi connectivity index (χ1v) is 10.9. The number of amides is 1. The van der Waals surface area contributed by atoms with Gasteiger partial charge in [0.15, 0.2) is 0 Å². The van der Waals surface area contributed by atoms with Gasteiger partial charge in [0.1, 0.15) is 0 Å². The molecule has 1 unspecified atom stereocenters. The molecule has 1 atom stereocenters. The molecule has 0 aromatic heterocycles. The fourth-order valence-corrected chi connectivity index (χ4v) is 5.24. The largest absolute Gasteiger partial charge is 0.375 e. The van der Waals surface area contributed by atoms with E-state index < -0.39 is 0 Å². The fraction of sp³-hybridized carbons (Fsp3) is 0.696. The molecule has 1 heterocycles. The molecule has 27 heavy (non-hydrogen) atoms. The van der Waals surface area contributed by atoms with Crippen molar-refractivity contribution < 1.29 is 9.53 Å². The fourth-order valence-electron chi connectivity index (χ4n) is 5.11. The molecule has 1 aliphatic carbocycles. The molecule has 0 spiro atoms. The van der Waals surface area contributed by atoms with Crippen molar-refractivity contribution in [2.75, 3.05) is 13.2 Å². The Kier molecular flexibility index (Phi) is 6.53. The molecule has 2 aliphatic rings. The summed E-state index contributed by atoms with van der Waals surface area (Å²) in [6.07, 6.45) is 9.17. The van der Waals surface area contributed by atoms with Crippen molar-refractivity contribution in [2.45, 2.75) is 89.2 Å². The van der Waals surface area contributed by atoms with Gasteiger partial charge in [-0.05, 0) is 69.1 Å². The third kappa shape index (κ3) is 5.06. The second kappa shape index (κ2) is 8.53. The molecular formula is C23H34ClNO2. The number of carbonyl (C=O) groups excluding carboxylic acids is 1. The molecule has 3 rings (SSSR count). The summed E-state index contributed by atoms with van der Waals surface area (Å²) in [7, 11) is 0. The minimum atomic E-state index is -0.144. The van der Waals surface area contributed by atoms with Crippen LogP contribution in [0.2, 0.25) is 5.02 Å². The van der Waals surface area contributed by atoms with Crippen LogP contribution in [0.5, 0.6) is 0 Å². The van der Waals surface area contributed by atoms with Gasteiger partial charge in [-0.3, -0.25) is 4.79 Å². The lowest BCUT2D eigenvalue weighted by molar-refractivity contribution is -0.138. The van der Waals surface area contributed by atoms with Gasteiger partial charge in [-0.1, -0.05) is 43.0 Å². The summed E-state index contributed by atoms with van der Waals surface area (Å²) in [6.45, 7) is 7.56. The first kappa shape index (κ1) is 20.7. The summed E-state index contributed by atoms with van der Waals surface area (Å²) < 4.78 is 5.87. The van der Waals surface area contributed by atoms with Crippen molar-refractivity contribution in [1.82, 2.24) is 4.90 Å². The van der Waals surface area contributed by atoms with Gasteiger partial charge in [-0.2, -0.15) is 0 Å². The van der Waals surface area contributed by atoms with Crippen LogP contribution in [0.1, 0.15) is 77.7 Å². The molecule has 0 N–H and O–H groups in total. The smallest absolute Gasteiger partial charge is 0.219 e. The van der Waals surface area contributed by atoms with Crippen LogP contribution in [-0.2, 0) is 14.9 Å². The lowest BCUT2D eigenvalue weighted by Crippen LogP contribution is -2.49. The summed E-state index contributed by atoms with van der Waals surface area (Å²) in [4.78, 5) is 14.6. The monoisotopic (exact) mass is 391 g/mol. The van der Waals surface area contributed by atoms with Gasteiger partial charge in [0.2, 0.25) is 5.91 Å². The Balaban J connectivity index is 1.76. The molecule has 1 aliphatic heterocycles. The average molecular weight is 392 g/mol. The Labute approximate surface area is 169 Å². The zero-order valence-electron chi connectivity index (χ0n) is 17.1. The Bertz CT molecular complexity index is 634. The summed E-state index contributed by atoms with van der Waals surface area (Å²) in [5.41, 5.74) is 1.43. The summed E-state index contributed by atoms with van der Waals surface area (Å²) in [6, 6.07) is 8.71. The quantitative estimate of drug-likeness (QED) is 0.640. The Morgan fingerprint density at radius 2 is 1.85 bits per heavy atom. The summed E-state index contributed by atoms with van der Waals surface area (Å²) in [5, 5.41) is 0.791. The maximum atomic E-state index is 12.5. The van der Waals surface area contributed by atoms with Crippen molar-refractivity contribution >= 4 is 17.5 Å². The number of halogens is 1. The third-order valence-electron chi connectivity index (χ3n) is 6.61. The van der Waals surface area contributed by atoms with Crippen LogP contribution in [0.25, 0.3) is 0 Å². The standard InChI is InChI=1S/C23H34ClNO2/c1-18(26)25(21-11-16-27-22(2,3)17-21)15-14-23(12-5-4-6-13-23)19-7-9-20(24)10-8-19/h7-10,21H,4-6,11-17H2,1-3H3. The molecule has 0 radical (unpaired) electrons. The number of nitrogens with zero attached hydrogens (tertiary/aromatic N) is 1. The number of benzene rings is 1. The highest BCUT2D eigenvalue weighted by molar-refractivity contribution is 6.30. The van der Waals surface area contributed by atoms with E-state index in [4.69, 9.17) is 16.3 Å². The molecule has 3 nitrogen and oxygen atoms in total. The van der Waals surface area contributed by atoms with Crippen LogP contribution in [0.3, 0.4) is 0 Å². The van der Waals surface area contributed by atoms with E-state index in [2.05, 4.69) is 30.9 Å². The molecule has 1 saturated carbocycles. The van der Waals surface area contributed by atoms with E-state index in [1.54, 1.807) is 6.92 Å². The van der Waals surface area contributed by atoms with Crippen molar-refractivity contribution in [3.63, 3.8) is 0 Å². The molecule has 4 heteroatoms. The van der Waals surface area contributed by atoms with Gasteiger partial charge in [0.25, 0.3) is 0 Å². The van der Waals surface area contributed by atoms with Gasteiger partial charge in [0, 0.05) is 31.1 Å². The van der Waals surface area contributed by atoms with Gasteiger partial charge in [0.05, 0.1) is 5.60 Å². The van der Waals surface area contributed by atoms with Gasteiger partial charge in [-0.15, -0.1) is 0 Å². The number of carbonyl (C=O) groups is 1. The van der Waals surface area contributed by atoms with Crippen molar-refractivity contribution in [1.29, 1.82) is 0 Å². The summed E-state index contributed by atoms with van der Waals surface area (Å²) >= 11 is 6.13.